The maximum absolute atomic E-state index is 12.6. The summed E-state index contributed by atoms with van der Waals surface area (Å²) in [7, 11) is 0. The quantitative estimate of drug-likeness (QED) is 0.864. The molecule has 0 aliphatic carbocycles. The average molecular weight is 376 g/mol. The van der Waals surface area contributed by atoms with Crippen molar-refractivity contribution in [1.82, 2.24) is 4.90 Å². The molecule has 2 aromatic rings. The second kappa shape index (κ2) is 7.82. The predicted octanol–water partition coefficient (Wildman–Crippen LogP) is 3.74. The fourth-order valence-electron chi connectivity index (χ4n) is 3.06. The highest BCUT2D eigenvalue weighted by Gasteiger charge is 2.34. The van der Waals surface area contributed by atoms with Crippen LogP contribution in [-0.2, 0) is 22.2 Å². The molecule has 1 unspecified atom stereocenters. The van der Waals surface area contributed by atoms with Crippen molar-refractivity contribution >= 4 is 17.5 Å². The van der Waals surface area contributed by atoms with Crippen molar-refractivity contribution in [2.45, 2.75) is 19.0 Å². The number of carbonyl (C=O) groups excluding carboxylic acids is 2. The number of halogens is 3. The Hall–Kier alpha value is -2.83. The van der Waals surface area contributed by atoms with Gasteiger partial charge in [-0.25, -0.2) is 0 Å². The number of likely N-dealkylation sites (tertiary alicyclic amines) is 1. The Kier molecular flexibility index (Phi) is 5.48. The Balaban J connectivity index is 1.54. The molecule has 1 aliphatic rings. The second-order valence-corrected chi connectivity index (χ2v) is 6.54. The molecule has 27 heavy (non-hydrogen) atoms. The van der Waals surface area contributed by atoms with E-state index in [0.717, 1.165) is 17.7 Å². The molecule has 3 rings (SSSR count). The van der Waals surface area contributed by atoms with Gasteiger partial charge in [0.1, 0.15) is 0 Å². The standard InChI is InChI=1S/C20H19F3N2O2/c21-20(22,23)16-6-8-17(9-7-16)24-19(27)15-12-18(26)25(13-15)11-10-14-4-2-1-3-5-14/h1-9,15H,10-13H2,(H,24,27). The van der Waals surface area contributed by atoms with Crippen LogP contribution in [0.3, 0.4) is 0 Å². The van der Waals surface area contributed by atoms with Crippen molar-refractivity contribution in [3.05, 3.63) is 65.7 Å². The largest absolute Gasteiger partial charge is 0.416 e. The lowest BCUT2D eigenvalue weighted by Crippen LogP contribution is -2.30. The first-order chi connectivity index (χ1) is 12.8. The third-order valence-electron chi connectivity index (χ3n) is 4.58. The lowest BCUT2D eigenvalue weighted by Gasteiger charge is -2.16. The lowest BCUT2D eigenvalue weighted by atomic mass is 10.1. The molecule has 1 fully saturated rings. The molecule has 0 saturated carbocycles. The van der Waals surface area contributed by atoms with E-state index >= 15 is 0 Å². The van der Waals surface area contributed by atoms with Gasteiger partial charge in [-0.05, 0) is 36.2 Å². The molecule has 0 aromatic heterocycles. The maximum atomic E-state index is 12.6. The summed E-state index contributed by atoms with van der Waals surface area (Å²) in [5, 5.41) is 2.59. The highest BCUT2D eigenvalue weighted by molar-refractivity contribution is 5.97. The van der Waals surface area contributed by atoms with Crippen LogP contribution in [0, 0.1) is 5.92 Å². The fourth-order valence-corrected chi connectivity index (χ4v) is 3.06. The number of hydrogen-bond donors (Lipinski definition) is 1. The van der Waals surface area contributed by atoms with Crippen LogP contribution >= 0.6 is 0 Å². The average Bonchev–Trinajstić information content (AvgIpc) is 3.01. The SMILES string of the molecule is O=C(Nc1ccc(C(F)(F)F)cc1)C1CC(=O)N(CCc2ccccc2)C1. The summed E-state index contributed by atoms with van der Waals surface area (Å²) in [4.78, 5) is 26.1. The van der Waals surface area contributed by atoms with Crippen molar-refractivity contribution < 1.29 is 22.8 Å². The van der Waals surface area contributed by atoms with Gasteiger partial charge >= 0.3 is 6.18 Å². The van der Waals surface area contributed by atoms with Gasteiger partial charge in [-0.15, -0.1) is 0 Å². The van der Waals surface area contributed by atoms with Gasteiger partial charge < -0.3 is 10.2 Å². The van der Waals surface area contributed by atoms with Gasteiger partial charge in [0, 0.05) is 25.2 Å². The molecule has 1 N–H and O–H groups in total. The molecule has 1 saturated heterocycles. The number of alkyl halides is 3. The van der Waals surface area contributed by atoms with Gasteiger partial charge in [0.15, 0.2) is 0 Å². The molecule has 2 amide bonds. The number of nitrogens with zero attached hydrogens (tertiary/aromatic N) is 1. The Morgan fingerprint density at radius 2 is 1.74 bits per heavy atom. The highest BCUT2D eigenvalue weighted by Crippen LogP contribution is 2.30. The first kappa shape index (κ1) is 18.9. The lowest BCUT2D eigenvalue weighted by molar-refractivity contribution is -0.137. The van der Waals surface area contributed by atoms with Crippen LogP contribution in [0.4, 0.5) is 18.9 Å². The molecule has 0 radical (unpaired) electrons. The molecular weight excluding hydrogens is 357 g/mol. The van der Waals surface area contributed by atoms with Crippen molar-refractivity contribution in [3.8, 4) is 0 Å². The Morgan fingerprint density at radius 3 is 2.37 bits per heavy atom. The third kappa shape index (κ3) is 4.87. The van der Waals surface area contributed by atoms with Crippen LogP contribution in [0.1, 0.15) is 17.5 Å². The van der Waals surface area contributed by atoms with Crippen LogP contribution in [0.5, 0.6) is 0 Å². The van der Waals surface area contributed by atoms with Crippen molar-refractivity contribution in [2.75, 3.05) is 18.4 Å². The van der Waals surface area contributed by atoms with Gasteiger partial charge in [0.2, 0.25) is 11.8 Å². The molecule has 7 heteroatoms. The van der Waals surface area contributed by atoms with E-state index in [2.05, 4.69) is 5.32 Å². The van der Waals surface area contributed by atoms with Crippen LogP contribution < -0.4 is 5.32 Å². The van der Waals surface area contributed by atoms with E-state index in [0.29, 0.717) is 19.5 Å². The van der Waals surface area contributed by atoms with E-state index in [4.69, 9.17) is 0 Å². The molecule has 142 valence electrons. The molecule has 0 bridgehead atoms. The molecule has 1 heterocycles. The van der Waals surface area contributed by atoms with E-state index < -0.39 is 17.7 Å². The summed E-state index contributed by atoms with van der Waals surface area (Å²) in [6.45, 7) is 0.852. The van der Waals surface area contributed by atoms with Gasteiger partial charge in [-0.3, -0.25) is 9.59 Å². The highest BCUT2D eigenvalue weighted by atomic mass is 19.4. The predicted molar refractivity (Wildman–Crippen MR) is 94.9 cm³/mol. The first-order valence-corrected chi connectivity index (χ1v) is 8.63. The number of nitrogens with one attached hydrogen (secondary N) is 1. The third-order valence-corrected chi connectivity index (χ3v) is 4.58. The van der Waals surface area contributed by atoms with Crippen LogP contribution in [0.15, 0.2) is 54.6 Å². The van der Waals surface area contributed by atoms with Crippen molar-refractivity contribution in [3.63, 3.8) is 0 Å². The normalized spacial score (nSPS) is 17.2. The minimum atomic E-state index is -4.42. The summed E-state index contributed by atoms with van der Waals surface area (Å²) in [6.07, 6.45) is -3.60. The number of amides is 2. The zero-order valence-corrected chi connectivity index (χ0v) is 14.5. The summed E-state index contributed by atoms with van der Waals surface area (Å²) >= 11 is 0. The van der Waals surface area contributed by atoms with Gasteiger partial charge in [0.25, 0.3) is 0 Å². The van der Waals surface area contributed by atoms with E-state index in [1.54, 1.807) is 4.90 Å². The number of anilines is 1. The zero-order chi connectivity index (χ0) is 19.4. The summed E-state index contributed by atoms with van der Waals surface area (Å²) in [5.74, 6) is -0.945. The van der Waals surface area contributed by atoms with Crippen LogP contribution in [0.25, 0.3) is 0 Å². The monoisotopic (exact) mass is 376 g/mol. The minimum absolute atomic E-state index is 0.0847. The Bertz CT molecular complexity index is 804. The molecule has 1 aliphatic heterocycles. The molecule has 2 aromatic carbocycles. The Labute approximate surface area is 155 Å². The fraction of sp³-hybridized carbons (Fsp3) is 0.300. The van der Waals surface area contributed by atoms with Crippen LogP contribution in [-0.4, -0.2) is 29.8 Å². The maximum Gasteiger partial charge on any atom is 0.416 e. The molecular formula is C20H19F3N2O2. The number of benzene rings is 2. The van der Waals surface area contributed by atoms with Crippen molar-refractivity contribution in [2.24, 2.45) is 5.92 Å². The van der Waals surface area contributed by atoms with E-state index in [1.165, 1.54) is 12.1 Å². The molecule has 4 nitrogen and oxygen atoms in total. The zero-order valence-electron chi connectivity index (χ0n) is 14.5. The van der Waals surface area contributed by atoms with E-state index in [-0.39, 0.29) is 23.9 Å². The number of hydrogen-bond acceptors (Lipinski definition) is 2. The number of carbonyl (C=O) groups is 2. The first-order valence-electron chi connectivity index (χ1n) is 8.63. The van der Waals surface area contributed by atoms with Crippen molar-refractivity contribution in [1.29, 1.82) is 0 Å². The van der Waals surface area contributed by atoms with Crippen LogP contribution in [0.2, 0.25) is 0 Å². The summed E-state index contributed by atoms with van der Waals surface area (Å²) in [5.41, 5.74) is 0.620. The van der Waals surface area contributed by atoms with Gasteiger partial charge in [0.05, 0.1) is 11.5 Å². The minimum Gasteiger partial charge on any atom is -0.342 e. The number of rotatable bonds is 5. The molecule has 0 spiro atoms. The van der Waals surface area contributed by atoms with Gasteiger partial charge in [-0.1, -0.05) is 30.3 Å². The van der Waals surface area contributed by atoms with E-state index in [1.807, 2.05) is 30.3 Å². The molecule has 1 atom stereocenters. The summed E-state index contributed by atoms with van der Waals surface area (Å²) in [6, 6.07) is 14.0. The van der Waals surface area contributed by atoms with E-state index in [9.17, 15) is 22.8 Å². The second-order valence-electron chi connectivity index (χ2n) is 6.54. The summed E-state index contributed by atoms with van der Waals surface area (Å²) < 4.78 is 37.7. The Morgan fingerprint density at radius 1 is 1.07 bits per heavy atom. The van der Waals surface area contributed by atoms with Gasteiger partial charge in [-0.2, -0.15) is 13.2 Å². The smallest absolute Gasteiger partial charge is 0.342 e. The topological polar surface area (TPSA) is 49.4 Å².